The van der Waals surface area contributed by atoms with Crippen LogP contribution in [0.5, 0.6) is 23.0 Å². The smallest absolute Gasteiger partial charge is 0.197 e. The SMILES string of the molecule is CCOc1cc2c(c(F)c1OCC)C(=N)N(CC(=O)c1cc(OC)c(OCCCCN)c(C(C)(C)C)c1)C2. The van der Waals surface area contributed by atoms with Crippen LogP contribution in [0.15, 0.2) is 18.2 Å². The van der Waals surface area contributed by atoms with Crippen molar-refractivity contribution >= 4 is 11.6 Å². The van der Waals surface area contributed by atoms with Crippen LogP contribution in [0.2, 0.25) is 0 Å². The summed E-state index contributed by atoms with van der Waals surface area (Å²) < 4.78 is 38.2. The highest BCUT2D eigenvalue weighted by Gasteiger charge is 2.33. The number of carbonyl (C=O) groups excluding carboxylic acids is 1. The summed E-state index contributed by atoms with van der Waals surface area (Å²) in [4.78, 5) is 15.0. The van der Waals surface area contributed by atoms with Crippen LogP contribution >= 0.6 is 0 Å². The lowest BCUT2D eigenvalue weighted by atomic mass is 9.84. The second kappa shape index (κ2) is 12.5. The molecule has 1 heterocycles. The van der Waals surface area contributed by atoms with Crippen molar-refractivity contribution in [1.82, 2.24) is 4.90 Å². The Morgan fingerprint density at radius 3 is 2.37 bits per heavy atom. The summed E-state index contributed by atoms with van der Waals surface area (Å²) in [5.41, 5.74) is 7.29. The van der Waals surface area contributed by atoms with Gasteiger partial charge in [0.15, 0.2) is 34.6 Å². The Morgan fingerprint density at radius 1 is 1.05 bits per heavy atom. The van der Waals surface area contributed by atoms with Crippen molar-refractivity contribution in [3.63, 3.8) is 0 Å². The number of Topliss-reactive ketones (excluding diaryl/α,β-unsaturated/α-hetero) is 1. The minimum Gasteiger partial charge on any atom is -0.493 e. The number of nitrogens with zero attached hydrogens (tertiary/aromatic N) is 1. The lowest BCUT2D eigenvalue weighted by molar-refractivity contribution is 0.0962. The van der Waals surface area contributed by atoms with E-state index in [1.54, 1.807) is 31.1 Å². The molecule has 208 valence electrons. The van der Waals surface area contributed by atoms with Gasteiger partial charge < -0.3 is 29.6 Å². The van der Waals surface area contributed by atoms with Crippen LogP contribution in [0.3, 0.4) is 0 Å². The first-order valence-electron chi connectivity index (χ1n) is 13.1. The second-order valence-electron chi connectivity index (χ2n) is 10.2. The Balaban J connectivity index is 1.90. The van der Waals surface area contributed by atoms with E-state index in [0.29, 0.717) is 48.1 Å². The number of halogens is 1. The van der Waals surface area contributed by atoms with Gasteiger partial charge in [0.05, 0.1) is 39.0 Å². The number of methoxy groups -OCH3 is 1. The number of nitrogens with two attached hydrogens (primary N) is 1. The maximum atomic E-state index is 15.4. The minimum atomic E-state index is -0.638. The Hall–Kier alpha value is -3.33. The molecule has 0 fully saturated rings. The minimum absolute atomic E-state index is 0.00682. The number of nitrogens with one attached hydrogen (secondary N) is 1. The zero-order valence-corrected chi connectivity index (χ0v) is 23.3. The van der Waals surface area contributed by atoms with Crippen LogP contribution in [-0.4, -0.2) is 56.5 Å². The Morgan fingerprint density at radius 2 is 1.76 bits per heavy atom. The van der Waals surface area contributed by atoms with Gasteiger partial charge in [0.25, 0.3) is 0 Å². The molecule has 3 N–H and O–H groups in total. The molecule has 8 nitrogen and oxygen atoms in total. The van der Waals surface area contributed by atoms with Crippen molar-refractivity contribution in [3.05, 3.63) is 46.3 Å². The summed E-state index contributed by atoms with van der Waals surface area (Å²) in [7, 11) is 1.55. The van der Waals surface area contributed by atoms with Gasteiger partial charge in [-0.1, -0.05) is 20.8 Å². The fourth-order valence-electron chi connectivity index (χ4n) is 4.46. The van der Waals surface area contributed by atoms with Crippen LogP contribution in [-0.2, 0) is 12.0 Å². The lowest BCUT2D eigenvalue weighted by Gasteiger charge is -2.26. The van der Waals surface area contributed by atoms with E-state index in [0.717, 1.165) is 18.4 Å². The summed E-state index contributed by atoms with van der Waals surface area (Å²) in [6, 6.07) is 5.20. The molecule has 3 rings (SSSR count). The van der Waals surface area contributed by atoms with Gasteiger partial charge in [-0.05, 0) is 62.4 Å². The maximum Gasteiger partial charge on any atom is 0.197 e. The number of fused-ring (bicyclic) bond motifs is 1. The van der Waals surface area contributed by atoms with E-state index >= 15 is 4.39 Å². The monoisotopic (exact) mass is 529 g/mol. The molecule has 0 spiro atoms. The molecule has 0 atom stereocenters. The third kappa shape index (κ3) is 6.20. The molecule has 0 radical (unpaired) electrons. The first-order valence-corrected chi connectivity index (χ1v) is 13.1. The molecule has 0 amide bonds. The molecule has 2 aromatic rings. The largest absolute Gasteiger partial charge is 0.493 e. The quantitative estimate of drug-likeness (QED) is 0.276. The van der Waals surface area contributed by atoms with Crippen LogP contribution in [0, 0.1) is 11.2 Å². The molecule has 1 aliphatic heterocycles. The lowest BCUT2D eigenvalue weighted by Crippen LogP contribution is -2.30. The van der Waals surface area contributed by atoms with Gasteiger partial charge in [-0.15, -0.1) is 0 Å². The Labute approximate surface area is 224 Å². The van der Waals surface area contributed by atoms with Gasteiger partial charge in [0.2, 0.25) is 0 Å². The average molecular weight is 530 g/mol. The normalized spacial score (nSPS) is 12.9. The van der Waals surface area contributed by atoms with Gasteiger partial charge in [0, 0.05) is 17.7 Å². The fraction of sp³-hybridized carbons (Fsp3) is 0.517. The highest BCUT2D eigenvalue weighted by atomic mass is 19.1. The molecular weight excluding hydrogens is 489 g/mol. The maximum absolute atomic E-state index is 15.4. The Bertz CT molecular complexity index is 1180. The van der Waals surface area contributed by atoms with E-state index in [2.05, 4.69) is 0 Å². The number of ether oxygens (including phenoxy) is 4. The van der Waals surface area contributed by atoms with Gasteiger partial charge in [-0.3, -0.25) is 10.2 Å². The van der Waals surface area contributed by atoms with Crippen LogP contribution in [0.1, 0.15) is 74.5 Å². The first kappa shape index (κ1) is 29.2. The van der Waals surface area contributed by atoms with E-state index in [9.17, 15) is 4.79 Å². The summed E-state index contributed by atoms with van der Waals surface area (Å²) in [6.45, 7) is 11.5. The summed E-state index contributed by atoms with van der Waals surface area (Å²) in [6.07, 6.45) is 1.67. The molecule has 0 aliphatic carbocycles. The number of unbranched alkanes of at least 4 members (excludes halogenated alkanes) is 1. The van der Waals surface area contributed by atoms with E-state index < -0.39 is 5.82 Å². The third-order valence-electron chi connectivity index (χ3n) is 6.36. The number of amidine groups is 1. The average Bonchev–Trinajstić information content (AvgIpc) is 3.18. The van der Waals surface area contributed by atoms with Gasteiger partial charge >= 0.3 is 0 Å². The van der Waals surface area contributed by atoms with Gasteiger partial charge in [-0.2, -0.15) is 0 Å². The van der Waals surface area contributed by atoms with Gasteiger partial charge in [0.1, 0.15) is 5.84 Å². The zero-order valence-electron chi connectivity index (χ0n) is 23.3. The molecule has 0 aromatic heterocycles. The molecule has 0 bridgehead atoms. The number of hydrogen-bond donors (Lipinski definition) is 2. The highest BCUT2D eigenvalue weighted by Crippen LogP contribution is 2.41. The van der Waals surface area contributed by atoms with Crippen molar-refractivity contribution in [2.24, 2.45) is 5.73 Å². The highest BCUT2D eigenvalue weighted by molar-refractivity contribution is 6.06. The fourth-order valence-corrected chi connectivity index (χ4v) is 4.46. The van der Waals surface area contributed by atoms with Crippen molar-refractivity contribution in [2.45, 2.75) is 59.4 Å². The van der Waals surface area contributed by atoms with E-state index in [4.69, 9.17) is 30.1 Å². The van der Waals surface area contributed by atoms with Gasteiger partial charge in [-0.25, -0.2) is 4.39 Å². The second-order valence-corrected chi connectivity index (χ2v) is 10.2. The van der Waals surface area contributed by atoms with Crippen molar-refractivity contribution in [2.75, 3.05) is 40.0 Å². The predicted molar refractivity (Wildman–Crippen MR) is 146 cm³/mol. The number of ketones is 1. The summed E-state index contributed by atoms with van der Waals surface area (Å²) >= 11 is 0. The summed E-state index contributed by atoms with van der Waals surface area (Å²) in [5.74, 6) is 0.474. The Kier molecular flexibility index (Phi) is 9.60. The van der Waals surface area contributed by atoms with Crippen LogP contribution in [0.4, 0.5) is 4.39 Å². The van der Waals surface area contributed by atoms with Crippen molar-refractivity contribution in [3.8, 4) is 23.0 Å². The molecule has 9 heteroatoms. The van der Waals surface area contributed by atoms with Crippen LogP contribution < -0.4 is 24.7 Å². The predicted octanol–water partition coefficient (Wildman–Crippen LogP) is 5.07. The van der Waals surface area contributed by atoms with E-state index in [-0.39, 0.29) is 48.0 Å². The molecule has 38 heavy (non-hydrogen) atoms. The molecule has 0 saturated heterocycles. The molecular formula is C29H40FN3O5. The standard InChI is InChI=1S/C29H40FN3O5/c1-7-36-23-15-19-16-33(28(32)24(19)25(30)27(23)37-8-2)17-21(34)18-13-20(29(3,4)5)26(22(14-18)35-6)38-12-10-9-11-31/h13-15,32H,7-12,16-17,31H2,1-6H3. The number of carbonyl (C=O) groups is 1. The zero-order chi connectivity index (χ0) is 28.0. The third-order valence-corrected chi connectivity index (χ3v) is 6.36. The topological polar surface area (TPSA) is 107 Å². The van der Waals surface area contributed by atoms with Crippen LogP contribution in [0.25, 0.3) is 0 Å². The molecule has 1 aliphatic rings. The number of benzene rings is 2. The first-order chi connectivity index (χ1) is 18.1. The number of hydrogen-bond acceptors (Lipinski definition) is 7. The molecule has 0 unspecified atom stereocenters. The van der Waals surface area contributed by atoms with E-state index in [1.165, 1.54) is 0 Å². The molecule has 2 aromatic carbocycles. The van der Waals surface area contributed by atoms with E-state index in [1.807, 2.05) is 33.8 Å². The van der Waals surface area contributed by atoms with Crippen molar-refractivity contribution < 1.29 is 28.1 Å². The summed E-state index contributed by atoms with van der Waals surface area (Å²) in [5, 5.41) is 8.63. The van der Waals surface area contributed by atoms with Crippen molar-refractivity contribution in [1.29, 1.82) is 5.41 Å². The number of rotatable bonds is 13. The molecule has 0 saturated carbocycles.